The average Bonchev–Trinajstić information content (AvgIpc) is 3.13. The number of anilines is 3. The second-order valence-electron chi connectivity index (χ2n) is 5.79. The van der Waals surface area contributed by atoms with E-state index in [2.05, 4.69) is 15.6 Å². The van der Waals surface area contributed by atoms with E-state index in [0.29, 0.717) is 23.0 Å². The molecule has 11 heteroatoms. The predicted molar refractivity (Wildman–Crippen MR) is 96.2 cm³/mol. The molecule has 0 atom stereocenters. The van der Waals surface area contributed by atoms with Gasteiger partial charge in [-0.3, -0.25) is 4.79 Å². The van der Waals surface area contributed by atoms with E-state index in [4.69, 9.17) is 0 Å². The fourth-order valence-electron chi connectivity index (χ4n) is 2.38. The molecule has 1 heterocycles. The van der Waals surface area contributed by atoms with Crippen molar-refractivity contribution in [2.24, 2.45) is 0 Å². The second kappa shape index (κ2) is 7.74. The van der Waals surface area contributed by atoms with Crippen molar-refractivity contribution in [3.05, 3.63) is 70.7 Å². The largest absolute Gasteiger partial charge is 0.416 e. The minimum atomic E-state index is -5.00. The molecule has 3 rings (SSSR count). The number of carbonyl (C=O) groups is 1. The van der Waals surface area contributed by atoms with Gasteiger partial charge in [-0.1, -0.05) is 6.07 Å². The Morgan fingerprint density at radius 2 is 1.55 bits per heavy atom. The summed E-state index contributed by atoms with van der Waals surface area (Å²) >= 11 is 1.31. The molecule has 0 saturated carbocycles. The maximum absolute atomic E-state index is 12.9. The number of nitrogens with one attached hydrogen (secondary N) is 2. The van der Waals surface area contributed by atoms with Gasteiger partial charge in [0, 0.05) is 28.5 Å². The van der Waals surface area contributed by atoms with E-state index < -0.39 is 35.1 Å². The zero-order valence-electron chi connectivity index (χ0n) is 14.2. The lowest BCUT2D eigenvalue weighted by molar-refractivity contribution is -0.143. The van der Waals surface area contributed by atoms with Gasteiger partial charge in [-0.2, -0.15) is 26.3 Å². The van der Waals surface area contributed by atoms with Gasteiger partial charge in [0.2, 0.25) is 0 Å². The van der Waals surface area contributed by atoms with Gasteiger partial charge in [0.25, 0.3) is 5.91 Å². The first-order valence-corrected chi connectivity index (χ1v) is 8.78. The van der Waals surface area contributed by atoms with Crippen molar-refractivity contribution in [1.82, 2.24) is 4.98 Å². The molecule has 0 radical (unpaired) electrons. The summed E-state index contributed by atoms with van der Waals surface area (Å²) in [6.45, 7) is 0. The first-order chi connectivity index (χ1) is 13.5. The standard InChI is InChI=1S/C18H11F6N3OS/c19-17(20,21)11-7-12(18(22,23)24)9-14(8-11)26-15(28)10-2-1-3-13(6-10)27-16-25-4-5-29-16/h1-9H,(H,25,27)(H,26,28). The highest BCUT2D eigenvalue weighted by molar-refractivity contribution is 7.13. The second-order valence-corrected chi connectivity index (χ2v) is 6.69. The fraction of sp³-hybridized carbons (Fsp3) is 0.111. The molecule has 0 bridgehead atoms. The van der Waals surface area contributed by atoms with Crippen molar-refractivity contribution in [2.75, 3.05) is 10.6 Å². The molecule has 0 fully saturated rings. The van der Waals surface area contributed by atoms with Crippen LogP contribution >= 0.6 is 11.3 Å². The Labute approximate surface area is 164 Å². The van der Waals surface area contributed by atoms with E-state index in [-0.39, 0.29) is 11.6 Å². The van der Waals surface area contributed by atoms with Crippen molar-refractivity contribution in [3.8, 4) is 0 Å². The molecule has 3 aromatic rings. The van der Waals surface area contributed by atoms with Crippen LogP contribution in [0.2, 0.25) is 0 Å². The lowest BCUT2D eigenvalue weighted by Crippen LogP contribution is -2.16. The van der Waals surface area contributed by atoms with Crippen LogP contribution in [-0.4, -0.2) is 10.9 Å². The molecule has 0 aliphatic rings. The third kappa shape index (κ3) is 5.25. The van der Waals surface area contributed by atoms with Gasteiger partial charge in [0.15, 0.2) is 5.13 Å². The molecule has 0 saturated heterocycles. The summed E-state index contributed by atoms with van der Waals surface area (Å²) in [4.78, 5) is 16.4. The van der Waals surface area contributed by atoms with E-state index in [0.717, 1.165) is 0 Å². The molecule has 2 N–H and O–H groups in total. The molecule has 1 amide bonds. The third-order valence-corrected chi connectivity index (χ3v) is 4.34. The SMILES string of the molecule is O=C(Nc1cc(C(F)(F)F)cc(C(F)(F)F)c1)c1cccc(Nc2nccs2)c1. The number of hydrogen-bond donors (Lipinski definition) is 2. The summed E-state index contributed by atoms with van der Waals surface area (Å²) in [5, 5.41) is 7.30. The highest BCUT2D eigenvalue weighted by Crippen LogP contribution is 2.37. The van der Waals surface area contributed by atoms with Crippen LogP contribution in [0, 0.1) is 0 Å². The number of carbonyl (C=O) groups excluding carboxylic acids is 1. The monoisotopic (exact) mass is 431 g/mol. The number of rotatable bonds is 4. The van der Waals surface area contributed by atoms with Gasteiger partial charge in [0.1, 0.15) is 0 Å². The lowest BCUT2D eigenvalue weighted by atomic mass is 10.1. The molecular weight excluding hydrogens is 420 g/mol. The number of halogens is 6. The summed E-state index contributed by atoms with van der Waals surface area (Å²) in [5.41, 5.74) is -3.12. The summed E-state index contributed by atoms with van der Waals surface area (Å²) in [5.74, 6) is -0.861. The zero-order chi connectivity index (χ0) is 21.2. The Balaban J connectivity index is 1.87. The lowest BCUT2D eigenvalue weighted by Gasteiger charge is -2.15. The number of nitrogens with zero attached hydrogens (tertiary/aromatic N) is 1. The number of hydrogen-bond acceptors (Lipinski definition) is 4. The van der Waals surface area contributed by atoms with E-state index in [1.807, 2.05) is 0 Å². The Kier molecular flexibility index (Phi) is 5.51. The molecule has 1 aromatic heterocycles. The summed E-state index contributed by atoms with van der Waals surface area (Å²) in [7, 11) is 0. The molecule has 0 aliphatic carbocycles. The maximum atomic E-state index is 12.9. The van der Waals surface area contributed by atoms with Crippen molar-refractivity contribution >= 4 is 33.8 Å². The Morgan fingerprint density at radius 3 is 2.10 bits per heavy atom. The van der Waals surface area contributed by atoms with Crippen molar-refractivity contribution in [1.29, 1.82) is 0 Å². The maximum Gasteiger partial charge on any atom is 0.416 e. The first kappa shape index (κ1) is 20.6. The average molecular weight is 431 g/mol. The van der Waals surface area contributed by atoms with Crippen LogP contribution < -0.4 is 10.6 Å². The van der Waals surface area contributed by atoms with Crippen molar-refractivity contribution < 1.29 is 31.1 Å². The zero-order valence-corrected chi connectivity index (χ0v) is 15.0. The Bertz CT molecular complexity index is 983. The van der Waals surface area contributed by atoms with Gasteiger partial charge >= 0.3 is 12.4 Å². The topological polar surface area (TPSA) is 54.0 Å². The minimum absolute atomic E-state index is 0.00573. The molecule has 0 spiro atoms. The van der Waals surface area contributed by atoms with Crippen LogP contribution in [0.15, 0.2) is 54.0 Å². The first-order valence-electron chi connectivity index (χ1n) is 7.90. The van der Waals surface area contributed by atoms with Crippen LogP contribution in [0.4, 0.5) is 42.8 Å². The van der Waals surface area contributed by atoms with E-state index in [1.165, 1.54) is 29.5 Å². The van der Waals surface area contributed by atoms with Crippen LogP contribution in [0.1, 0.15) is 21.5 Å². The number of amides is 1. The quantitative estimate of drug-likeness (QED) is 0.486. The minimum Gasteiger partial charge on any atom is -0.332 e. The Morgan fingerprint density at radius 1 is 0.897 bits per heavy atom. The number of alkyl halides is 6. The van der Waals surface area contributed by atoms with E-state index >= 15 is 0 Å². The molecule has 29 heavy (non-hydrogen) atoms. The highest BCUT2D eigenvalue weighted by atomic mass is 32.1. The molecular formula is C18H11F6N3OS. The highest BCUT2D eigenvalue weighted by Gasteiger charge is 2.37. The van der Waals surface area contributed by atoms with E-state index in [9.17, 15) is 31.1 Å². The van der Waals surface area contributed by atoms with E-state index in [1.54, 1.807) is 17.6 Å². The van der Waals surface area contributed by atoms with Crippen molar-refractivity contribution in [2.45, 2.75) is 12.4 Å². The summed E-state index contributed by atoms with van der Waals surface area (Å²) in [6, 6.07) is 6.81. The van der Waals surface area contributed by atoms with Crippen LogP contribution in [-0.2, 0) is 12.4 Å². The molecule has 0 unspecified atom stereocenters. The number of aromatic nitrogens is 1. The molecule has 4 nitrogen and oxygen atoms in total. The summed E-state index contributed by atoms with van der Waals surface area (Å²) < 4.78 is 77.6. The van der Waals surface area contributed by atoms with Gasteiger partial charge < -0.3 is 10.6 Å². The van der Waals surface area contributed by atoms with Crippen molar-refractivity contribution in [3.63, 3.8) is 0 Å². The molecule has 2 aromatic carbocycles. The van der Waals surface area contributed by atoms with Gasteiger partial charge in [0.05, 0.1) is 11.1 Å². The number of thiazole rings is 1. The van der Waals surface area contributed by atoms with Gasteiger partial charge in [-0.25, -0.2) is 4.98 Å². The smallest absolute Gasteiger partial charge is 0.332 e. The number of benzene rings is 2. The Hall–Kier alpha value is -3.08. The molecule has 0 aliphatic heterocycles. The third-order valence-electron chi connectivity index (χ3n) is 3.65. The molecule has 152 valence electrons. The van der Waals surface area contributed by atoms with Crippen LogP contribution in [0.5, 0.6) is 0 Å². The summed E-state index contributed by atoms with van der Waals surface area (Å²) in [6.07, 6.45) is -8.44. The normalized spacial score (nSPS) is 11.9. The van der Waals surface area contributed by atoms with Gasteiger partial charge in [-0.15, -0.1) is 11.3 Å². The van der Waals surface area contributed by atoms with Crippen LogP contribution in [0.25, 0.3) is 0 Å². The fourth-order valence-corrected chi connectivity index (χ4v) is 2.93. The predicted octanol–water partition coefficient (Wildman–Crippen LogP) is 6.18. The van der Waals surface area contributed by atoms with Gasteiger partial charge in [-0.05, 0) is 36.4 Å². The van der Waals surface area contributed by atoms with Crippen LogP contribution in [0.3, 0.4) is 0 Å².